The van der Waals surface area contributed by atoms with Crippen molar-refractivity contribution in [1.82, 2.24) is 29.6 Å². The van der Waals surface area contributed by atoms with E-state index in [1.165, 1.54) is 6.92 Å². The lowest BCUT2D eigenvalue weighted by atomic mass is 10.0. The number of halogens is 1. The van der Waals surface area contributed by atoms with Crippen molar-refractivity contribution in [1.29, 1.82) is 0 Å². The van der Waals surface area contributed by atoms with E-state index in [9.17, 15) is 14.4 Å². The molecular weight excluding hydrogens is 576 g/mol. The van der Waals surface area contributed by atoms with E-state index in [1.54, 1.807) is 22.0 Å². The molecule has 1 aliphatic carbocycles. The quantitative estimate of drug-likeness (QED) is 0.250. The van der Waals surface area contributed by atoms with E-state index in [4.69, 9.17) is 5.73 Å². The van der Waals surface area contributed by atoms with Crippen molar-refractivity contribution in [2.24, 2.45) is 5.41 Å². The molecule has 1 saturated heterocycles. The number of aromatic nitrogens is 5. The molecule has 1 unspecified atom stereocenters. The molecule has 0 bridgehead atoms. The highest BCUT2D eigenvalue weighted by atomic mass is 79.9. The molecular formula is C28H27BrN8O3. The zero-order valence-corrected chi connectivity index (χ0v) is 23.8. The summed E-state index contributed by atoms with van der Waals surface area (Å²) in [5.74, 6) is -0.0679. The van der Waals surface area contributed by atoms with E-state index < -0.39 is 6.04 Å². The molecule has 40 heavy (non-hydrogen) atoms. The molecule has 1 aromatic carbocycles. The van der Waals surface area contributed by atoms with E-state index in [2.05, 4.69) is 48.2 Å². The van der Waals surface area contributed by atoms with Crippen LogP contribution in [0.2, 0.25) is 0 Å². The Morgan fingerprint density at radius 2 is 1.88 bits per heavy atom. The van der Waals surface area contributed by atoms with Crippen molar-refractivity contribution < 1.29 is 14.4 Å². The largest absolute Gasteiger partial charge is 0.368 e. The normalized spacial score (nSPS) is 21.4. The van der Waals surface area contributed by atoms with Crippen molar-refractivity contribution in [3.05, 3.63) is 58.6 Å². The molecule has 2 aliphatic rings. The third-order valence-electron chi connectivity index (χ3n) is 7.90. The van der Waals surface area contributed by atoms with E-state index >= 15 is 0 Å². The molecule has 2 amide bonds. The number of nitrogens with two attached hydrogens (primary N) is 1. The number of likely N-dealkylation sites (tertiary alicyclic amines) is 1. The highest BCUT2D eigenvalue weighted by Gasteiger charge is 2.64. The Bertz CT molecular complexity index is 1700. The number of nitrogen functional groups attached to an aromatic ring is 1. The number of hydrogen-bond acceptors (Lipinski definition) is 8. The lowest BCUT2D eigenvalue weighted by molar-refractivity contribution is -0.138. The Morgan fingerprint density at radius 3 is 2.60 bits per heavy atom. The van der Waals surface area contributed by atoms with Gasteiger partial charge in [-0.25, -0.2) is 15.0 Å². The summed E-state index contributed by atoms with van der Waals surface area (Å²) < 4.78 is 2.16. The van der Waals surface area contributed by atoms with E-state index in [-0.39, 0.29) is 47.2 Å². The smallest absolute Gasteiger partial charge is 0.248 e. The maximum Gasteiger partial charge on any atom is 0.248 e. The summed E-state index contributed by atoms with van der Waals surface area (Å²) in [4.78, 5) is 53.8. The third kappa shape index (κ3) is 4.51. The van der Waals surface area contributed by atoms with Crippen LogP contribution in [0.15, 0.2) is 47.3 Å². The van der Waals surface area contributed by atoms with Crippen molar-refractivity contribution in [2.45, 2.75) is 52.2 Å². The number of Topliss-reactive ketones (excluding diaryl/α,β-unsaturated/α-hetero) is 1. The minimum Gasteiger partial charge on any atom is -0.368 e. The molecule has 1 aliphatic heterocycles. The van der Waals surface area contributed by atoms with Gasteiger partial charge in [0.2, 0.25) is 17.8 Å². The fraction of sp³-hybridized carbons (Fsp3) is 0.321. The number of anilines is 2. The number of carbonyl (C=O) groups is 3. The lowest BCUT2D eigenvalue weighted by Crippen LogP contribution is -2.47. The van der Waals surface area contributed by atoms with Crippen LogP contribution in [0, 0.1) is 12.3 Å². The number of benzene rings is 1. The molecule has 4 aromatic rings. The first-order valence-electron chi connectivity index (χ1n) is 12.9. The monoisotopic (exact) mass is 602 g/mol. The van der Waals surface area contributed by atoms with Crippen LogP contribution in [0.4, 0.5) is 11.8 Å². The van der Waals surface area contributed by atoms with E-state index in [0.29, 0.717) is 27.7 Å². The van der Waals surface area contributed by atoms with Crippen LogP contribution in [-0.4, -0.2) is 59.3 Å². The van der Waals surface area contributed by atoms with Gasteiger partial charge in [0.25, 0.3) is 0 Å². The predicted molar refractivity (Wildman–Crippen MR) is 152 cm³/mol. The first-order chi connectivity index (χ1) is 19.0. The van der Waals surface area contributed by atoms with Gasteiger partial charge in [-0.15, -0.1) is 0 Å². The van der Waals surface area contributed by atoms with Gasteiger partial charge >= 0.3 is 0 Å². The fourth-order valence-electron chi connectivity index (χ4n) is 5.63. The Kier molecular flexibility index (Phi) is 6.17. The number of carbonyl (C=O) groups excluding carboxylic acids is 3. The van der Waals surface area contributed by atoms with Crippen LogP contribution in [-0.2, 0) is 16.1 Å². The van der Waals surface area contributed by atoms with Gasteiger partial charge in [-0.1, -0.05) is 19.1 Å². The van der Waals surface area contributed by atoms with Crippen molar-refractivity contribution in [3.8, 4) is 11.1 Å². The average molecular weight is 603 g/mol. The van der Waals surface area contributed by atoms with Gasteiger partial charge in [0.05, 0.1) is 5.52 Å². The number of fused-ring (bicyclic) bond motifs is 2. The Morgan fingerprint density at radius 1 is 1.12 bits per heavy atom. The molecule has 1 saturated carbocycles. The van der Waals surface area contributed by atoms with Crippen LogP contribution >= 0.6 is 15.9 Å². The Balaban J connectivity index is 1.29. The molecule has 3 N–H and O–H groups in total. The fourth-order valence-corrected chi connectivity index (χ4v) is 5.94. The number of nitrogens with zero attached hydrogens (tertiary/aromatic N) is 6. The SMILES string of the molecule is CC(=O)c1nn(CC(=O)N2C(C(=O)Nc3nc(Br)ccc3C)C[C@@]3(C)C[C@@H]23)c2ccc(-c3cnc(N)nc3)cc12. The van der Waals surface area contributed by atoms with Gasteiger partial charge in [-0.2, -0.15) is 5.10 Å². The van der Waals surface area contributed by atoms with Crippen molar-refractivity contribution in [2.75, 3.05) is 11.1 Å². The molecule has 3 atom stereocenters. The van der Waals surface area contributed by atoms with Gasteiger partial charge in [0.15, 0.2) is 5.78 Å². The summed E-state index contributed by atoms with van der Waals surface area (Å²) >= 11 is 3.35. The summed E-state index contributed by atoms with van der Waals surface area (Å²) in [5, 5.41) is 8.05. The summed E-state index contributed by atoms with van der Waals surface area (Å²) in [6.45, 7) is 5.32. The van der Waals surface area contributed by atoms with E-state index in [1.807, 2.05) is 37.3 Å². The number of rotatable bonds is 6. The van der Waals surface area contributed by atoms with Gasteiger partial charge in [-0.3, -0.25) is 19.1 Å². The number of ketones is 1. The molecule has 11 nitrogen and oxygen atoms in total. The Hall–Kier alpha value is -4.19. The zero-order chi connectivity index (χ0) is 28.3. The molecule has 0 spiro atoms. The van der Waals surface area contributed by atoms with Gasteiger partial charge in [-0.05, 0) is 70.4 Å². The van der Waals surface area contributed by atoms with Crippen LogP contribution in [0.25, 0.3) is 22.0 Å². The maximum absolute atomic E-state index is 13.8. The molecule has 0 radical (unpaired) electrons. The lowest BCUT2D eigenvalue weighted by Gasteiger charge is -2.27. The second-order valence-corrected chi connectivity index (χ2v) is 11.6. The molecule has 6 rings (SSSR count). The molecule has 12 heteroatoms. The number of piperidine rings is 1. The minimum atomic E-state index is -0.623. The summed E-state index contributed by atoms with van der Waals surface area (Å²) in [7, 11) is 0. The highest BCUT2D eigenvalue weighted by molar-refractivity contribution is 9.10. The predicted octanol–water partition coefficient (Wildman–Crippen LogP) is 3.76. The number of aryl methyl sites for hydroxylation is 1. The van der Waals surface area contributed by atoms with Crippen LogP contribution in [0.3, 0.4) is 0 Å². The van der Waals surface area contributed by atoms with Gasteiger partial charge in [0, 0.05) is 36.3 Å². The Labute approximate surface area is 238 Å². The topological polar surface area (TPSA) is 149 Å². The number of nitrogens with one attached hydrogen (secondary N) is 1. The van der Waals surface area contributed by atoms with Gasteiger partial charge in [0.1, 0.15) is 28.7 Å². The van der Waals surface area contributed by atoms with Crippen LogP contribution < -0.4 is 11.1 Å². The minimum absolute atomic E-state index is 0.0152. The highest BCUT2D eigenvalue weighted by Crippen LogP contribution is 2.59. The number of pyridine rings is 1. The van der Waals surface area contributed by atoms with Crippen molar-refractivity contribution in [3.63, 3.8) is 0 Å². The number of amides is 2. The third-order valence-corrected chi connectivity index (χ3v) is 8.35. The second kappa shape index (κ2) is 9.47. The first kappa shape index (κ1) is 26.1. The number of hydrogen-bond donors (Lipinski definition) is 2. The standard InChI is InChI=1S/C28H27BrN8O3/c1-14-4-7-22(29)33-25(14)34-26(40)20-9-28(3)10-21(28)37(20)23(39)13-36-19-6-5-16(17-11-31-27(30)32-12-17)8-18(19)24(35-36)15(2)38/h4-8,11-12,20-21H,9-10,13H2,1-3H3,(H2,30,31,32)(H,33,34,40)/t20?,21-,28+/m1/s1. The zero-order valence-electron chi connectivity index (χ0n) is 22.2. The maximum atomic E-state index is 13.8. The molecule has 4 heterocycles. The van der Waals surface area contributed by atoms with Crippen LogP contribution in [0.5, 0.6) is 0 Å². The van der Waals surface area contributed by atoms with E-state index in [0.717, 1.165) is 23.1 Å². The molecule has 3 aromatic heterocycles. The van der Waals surface area contributed by atoms with Gasteiger partial charge < -0.3 is 16.0 Å². The summed E-state index contributed by atoms with van der Waals surface area (Å²) in [6.07, 6.45) is 4.65. The summed E-state index contributed by atoms with van der Waals surface area (Å²) in [5.41, 5.74) is 8.79. The average Bonchev–Trinajstić information content (AvgIpc) is 3.28. The van der Waals surface area contributed by atoms with Crippen LogP contribution in [0.1, 0.15) is 42.7 Å². The second-order valence-electron chi connectivity index (χ2n) is 10.8. The molecule has 204 valence electrons. The van der Waals surface area contributed by atoms with Crippen molar-refractivity contribution >= 4 is 56.2 Å². The first-order valence-corrected chi connectivity index (χ1v) is 13.7. The molecule has 2 fully saturated rings. The summed E-state index contributed by atoms with van der Waals surface area (Å²) in [6, 6.07) is 8.56.